The molecule has 260 valence electrons. The first-order valence-corrected chi connectivity index (χ1v) is 17.5. The molecule has 10 nitrogen and oxygen atoms in total. The number of hydrogen-bond acceptors (Lipinski definition) is 5. The standard InChI is InChI=1S/C40H45N5O5/c1-27-23-30-9-7-8-10-32(30)26-45(27)38(46)31-14-13-29-15-16-44(40(48)49)37(35(29)24-31)36-25-34(28(2)41(36)3)39(47)43(33-11-5-4-6-12-33)18-17-42-19-21-50-22-20-42/h4-14,24-25,27,37H,15-23,26H2,1-3H3,(H,48,49)/t27-,37?/m1/s1. The molecule has 4 heterocycles. The van der Waals surface area contributed by atoms with Gasteiger partial charge in [-0.1, -0.05) is 48.5 Å². The molecule has 0 spiro atoms. The average Bonchev–Trinajstić information content (AvgIpc) is 3.43. The van der Waals surface area contributed by atoms with E-state index in [9.17, 15) is 19.5 Å². The maximum atomic E-state index is 14.5. The van der Waals surface area contributed by atoms with E-state index in [-0.39, 0.29) is 17.9 Å². The molecular formula is C40H45N5O5. The lowest BCUT2D eigenvalue weighted by Gasteiger charge is -2.37. The second kappa shape index (κ2) is 14.1. The minimum absolute atomic E-state index is 0.0275. The van der Waals surface area contributed by atoms with Crippen LogP contribution in [0.5, 0.6) is 0 Å². The van der Waals surface area contributed by atoms with E-state index in [1.165, 1.54) is 10.5 Å². The maximum absolute atomic E-state index is 14.5. The summed E-state index contributed by atoms with van der Waals surface area (Å²) in [5.74, 6) is -0.205. The van der Waals surface area contributed by atoms with Crippen molar-refractivity contribution in [2.24, 2.45) is 7.05 Å². The van der Waals surface area contributed by atoms with E-state index in [0.717, 1.165) is 47.6 Å². The van der Waals surface area contributed by atoms with Crippen LogP contribution in [0.25, 0.3) is 0 Å². The van der Waals surface area contributed by atoms with E-state index in [1.54, 1.807) is 0 Å². The van der Waals surface area contributed by atoms with Gasteiger partial charge in [0.05, 0.1) is 18.8 Å². The molecule has 1 aromatic heterocycles. The minimum atomic E-state index is -1.04. The zero-order chi connectivity index (χ0) is 34.9. The van der Waals surface area contributed by atoms with Crippen LogP contribution in [0.3, 0.4) is 0 Å². The first-order chi connectivity index (χ1) is 24.2. The Hall–Kier alpha value is -4.93. The topological polar surface area (TPSA) is 98.6 Å². The number of carboxylic acid groups (broad SMARTS) is 1. The molecule has 10 heteroatoms. The van der Waals surface area contributed by atoms with E-state index in [0.29, 0.717) is 62.6 Å². The number of aromatic nitrogens is 1. The highest BCUT2D eigenvalue weighted by molar-refractivity contribution is 6.07. The Labute approximate surface area is 293 Å². The highest BCUT2D eigenvalue weighted by atomic mass is 16.5. The normalized spacial score (nSPS) is 19.1. The van der Waals surface area contributed by atoms with E-state index >= 15 is 0 Å². The summed E-state index contributed by atoms with van der Waals surface area (Å²) in [7, 11) is 1.89. The molecule has 3 aromatic carbocycles. The molecular weight excluding hydrogens is 630 g/mol. The fourth-order valence-corrected chi connectivity index (χ4v) is 7.76. The third-order valence-corrected chi connectivity index (χ3v) is 10.8. The smallest absolute Gasteiger partial charge is 0.408 e. The molecule has 0 saturated carbocycles. The SMILES string of the molecule is Cc1c(C(=O)N(CCN2CCOCC2)c2ccccc2)cc(C2c3cc(C(=O)N4Cc5ccccc5C[C@H]4C)ccc3CCN2C(=O)O)n1C. The monoisotopic (exact) mass is 675 g/mol. The third-order valence-electron chi connectivity index (χ3n) is 10.8. The molecule has 1 saturated heterocycles. The Morgan fingerprint density at radius 2 is 1.60 bits per heavy atom. The van der Waals surface area contributed by atoms with Crippen LogP contribution < -0.4 is 4.90 Å². The number of nitrogens with zero attached hydrogens (tertiary/aromatic N) is 5. The predicted octanol–water partition coefficient (Wildman–Crippen LogP) is 5.53. The number of amides is 3. The molecule has 3 aliphatic rings. The van der Waals surface area contributed by atoms with E-state index in [4.69, 9.17) is 4.74 Å². The summed E-state index contributed by atoms with van der Waals surface area (Å²) < 4.78 is 7.46. The fourth-order valence-electron chi connectivity index (χ4n) is 7.76. The highest BCUT2D eigenvalue weighted by Crippen LogP contribution is 2.38. The molecule has 3 aliphatic heterocycles. The van der Waals surface area contributed by atoms with Gasteiger partial charge in [-0.25, -0.2) is 4.79 Å². The van der Waals surface area contributed by atoms with Gasteiger partial charge in [0.25, 0.3) is 11.8 Å². The van der Waals surface area contributed by atoms with Crippen molar-refractivity contribution in [2.75, 3.05) is 50.8 Å². The van der Waals surface area contributed by atoms with Gasteiger partial charge in [0, 0.05) is 75.0 Å². The quantitative estimate of drug-likeness (QED) is 0.277. The number of para-hydroxylation sites is 1. The minimum Gasteiger partial charge on any atom is -0.465 e. The van der Waals surface area contributed by atoms with Gasteiger partial charge in [-0.15, -0.1) is 0 Å². The molecule has 4 aromatic rings. The molecule has 7 rings (SSSR count). The summed E-state index contributed by atoms with van der Waals surface area (Å²) in [6.07, 6.45) is 0.286. The van der Waals surface area contributed by atoms with Gasteiger partial charge >= 0.3 is 6.09 Å². The second-order valence-electron chi connectivity index (χ2n) is 13.7. The number of fused-ring (bicyclic) bond motifs is 2. The molecule has 1 unspecified atom stereocenters. The molecule has 50 heavy (non-hydrogen) atoms. The number of hydrogen-bond donors (Lipinski definition) is 1. The van der Waals surface area contributed by atoms with Gasteiger partial charge in [-0.3, -0.25) is 19.4 Å². The van der Waals surface area contributed by atoms with Gasteiger partial charge in [0.2, 0.25) is 0 Å². The number of carbonyl (C=O) groups excluding carboxylic acids is 2. The molecule has 1 N–H and O–H groups in total. The number of anilines is 1. The van der Waals surface area contributed by atoms with E-state index in [2.05, 4.69) is 24.0 Å². The molecule has 0 radical (unpaired) electrons. The Kier molecular flexibility index (Phi) is 9.48. The Bertz CT molecular complexity index is 1900. The Morgan fingerprint density at radius 1 is 0.880 bits per heavy atom. The van der Waals surface area contributed by atoms with Crippen LogP contribution in [0.4, 0.5) is 10.5 Å². The van der Waals surface area contributed by atoms with Gasteiger partial charge in [0.15, 0.2) is 0 Å². The third kappa shape index (κ3) is 6.41. The lowest BCUT2D eigenvalue weighted by Crippen LogP contribution is -2.43. The number of benzene rings is 3. The van der Waals surface area contributed by atoms with Crippen molar-refractivity contribution in [1.82, 2.24) is 19.3 Å². The predicted molar refractivity (Wildman–Crippen MR) is 192 cm³/mol. The summed E-state index contributed by atoms with van der Waals surface area (Å²) in [6.45, 7) is 9.06. The highest BCUT2D eigenvalue weighted by Gasteiger charge is 2.37. The Balaban J connectivity index is 1.23. The summed E-state index contributed by atoms with van der Waals surface area (Å²) in [5.41, 5.74) is 7.52. The number of rotatable bonds is 7. The van der Waals surface area contributed by atoms with Crippen molar-refractivity contribution in [3.63, 3.8) is 0 Å². The first kappa shape index (κ1) is 33.6. The summed E-state index contributed by atoms with van der Waals surface area (Å²) in [5, 5.41) is 10.5. The van der Waals surface area contributed by atoms with Crippen molar-refractivity contribution in [2.45, 2.75) is 45.3 Å². The van der Waals surface area contributed by atoms with Crippen LogP contribution in [0, 0.1) is 6.92 Å². The fraction of sp³-hybridized carbons (Fsp3) is 0.375. The lowest BCUT2D eigenvalue weighted by molar-refractivity contribution is 0.0391. The number of carbonyl (C=O) groups is 3. The van der Waals surface area contributed by atoms with E-state index in [1.807, 2.05) is 95.1 Å². The molecule has 3 amide bonds. The average molecular weight is 676 g/mol. The van der Waals surface area contributed by atoms with Crippen molar-refractivity contribution in [3.8, 4) is 0 Å². The summed E-state index contributed by atoms with van der Waals surface area (Å²) >= 11 is 0. The van der Waals surface area contributed by atoms with Crippen molar-refractivity contribution < 1.29 is 24.2 Å². The van der Waals surface area contributed by atoms with Crippen molar-refractivity contribution >= 4 is 23.6 Å². The van der Waals surface area contributed by atoms with Crippen molar-refractivity contribution in [3.05, 3.63) is 124 Å². The Morgan fingerprint density at radius 3 is 2.34 bits per heavy atom. The second-order valence-corrected chi connectivity index (χ2v) is 13.7. The van der Waals surface area contributed by atoms with Crippen LogP contribution in [-0.4, -0.2) is 94.3 Å². The maximum Gasteiger partial charge on any atom is 0.408 e. The van der Waals surface area contributed by atoms with Gasteiger partial charge < -0.3 is 24.2 Å². The zero-order valence-electron chi connectivity index (χ0n) is 29.0. The largest absolute Gasteiger partial charge is 0.465 e. The van der Waals surface area contributed by atoms with Crippen LogP contribution >= 0.6 is 0 Å². The molecule has 1 fully saturated rings. The van der Waals surface area contributed by atoms with Crippen LogP contribution in [0.1, 0.15) is 67.3 Å². The van der Waals surface area contributed by atoms with Crippen LogP contribution in [-0.2, 0) is 31.2 Å². The lowest BCUT2D eigenvalue weighted by atomic mass is 9.88. The van der Waals surface area contributed by atoms with Crippen molar-refractivity contribution in [1.29, 1.82) is 0 Å². The first-order valence-electron chi connectivity index (χ1n) is 17.5. The number of morpholine rings is 1. The van der Waals surface area contributed by atoms with Gasteiger partial charge in [0.1, 0.15) is 6.04 Å². The van der Waals surface area contributed by atoms with Crippen LogP contribution in [0.15, 0.2) is 78.9 Å². The van der Waals surface area contributed by atoms with Gasteiger partial charge in [-0.2, -0.15) is 0 Å². The zero-order valence-corrected chi connectivity index (χ0v) is 29.0. The molecule has 2 atom stereocenters. The van der Waals surface area contributed by atoms with E-state index < -0.39 is 12.1 Å². The van der Waals surface area contributed by atoms with Crippen LogP contribution in [0.2, 0.25) is 0 Å². The molecule has 0 aliphatic carbocycles. The summed E-state index contributed by atoms with van der Waals surface area (Å²) in [6, 6.07) is 24.9. The number of ether oxygens (including phenoxy) is 1. The molecule has 0 bridgehead atoms. The van der Waals surface area contributed by atoms with Gasteiger partial charge in [-0.05, 0) is 79.3 Å². The summed E-state index contributed by atoms with van der Waals surface area (Å²) in [4.78, 5) is 48.8.